The van der Waals surface area contributed by atoms with Crippen LogP contribution in [0.25, 0.3) is 0 Å². The zero-order valence-corrected chi connectivity index (χ0v) is 11.2. The summed E-state index contributed by atoms with van der Waals surface area (Å²) in [7, 11) is 0. The zero-order chi connectivity index (χ0) is 13.4. The minimum Gasteiger partial charge on any atom is -0.356 e. The first kappa shape index (κ1) is 14.7. The van der Waals surface area contributed by atoms with Gasteiger partial charge in [0.1, 0.15) is 5.82 Å². The smallest absolute Gasteiger partial charge is 0.220 e. The van der Waals surface area contributed by atoms with Crippen molar-refractivity contribution in [3.05, 3.63) is 35.6 Å². The largest absolute Gasteiger partial charge is 0.356 e. The van der Waals surface area contributed by atoms with Gasteiger partial charge in [-0.15, -0.1) is 0 Å². The molecule has 1 rings (SSSR count). The Balaban J connectivity index is 2.13. The van der Waals surface area contributed by atoms with Crippen LogP contribution in [0.1, 0.15) is 38.7 Å². The van der Waals surface area contributed by atoms with E-state index in [9.17, 15) is 9.18 Å². The molecule has 2 nitrogen and oxygen atoms in total. The first-order valence-electron chi connectivity index (χ1n) is 6.59. The van der Waals surface area contributed by atoms with Gasteiger partial charge < -0.3 is 5.32 Å². The third-order valence-corrected chi connectivity index (χ3v) is 2.83. The van der Waals surface area contributed by atoms with E-state index in [-0.39, 0.29) is 11.7 Å². The minimum absolute atomic E-state index is 0.109. The van der Waals surface area contributed by atoms with E-state index in [0.717, 1.165) is 31.4 Å². The van der Waals surface area contributed by atoms with E-state index in [0.29, 0.717) is 12.3 Å². The molecule has 0 spiro atoms. The molecule has 1 amide bonds. The van der Waals surface area contributed by atoms with Crippen LogP contribution >= 0.6 is 0 Å². The first-order chi connectivity index (χ1) is 8.58. The average Bonchev–Trinajstić information content (AvgIpc) is 2.31. The highest BCUT2D eigenvalue weighted by molar-refractivity contribution is 5.75. The van der Waals surface area contributed by atoms with Crippen molar-refractivity contribution in [2.24, 2.45) is 5.92 Å². The Labute approximate surface area is 109 Å². The highest BCUT2D eigenvalue weighted by Gasteiger charge is 2.02. The van der Waals surface area contributed by atoms with Crippen LogP contribution in [0.15, 0.2) is 24.3 Å². The third kappa shape index (κ3) is 6.38. The SMILES string of the molecule is CC(C)CCNC(=O)CCCc1ccc(F)cc1. The van der Waals surface area contributed by atoms with Crippen LogP contribution in [0.3, 0.4) is 0 Å². The standard InChI is InChI=1S/C15H22FNO/c1-12(2)10-11-17-15(18)5-3-4-13-6-8-14(16)9-7-13/h6-9,12H,3-5,10-11H2,1-2H3,(H,17,18). The molecule has 0 aromatic heterocycles. The molecule has 0 aliphatic carbocycles. The topological polar surface area (TPSA) is 29.1 Å². The second-order valence-electron chi connectivity index (χ2n) is 5.01. The van der Waals surface area contributed by atoms with Gasteiger partial charge in [-0.1, -0.05) is 26.0 Å². The third-order valence-electron chi connectivity index (χ3n) is 2.83. The fourth-order valence-corrected chi connectivity index (χ4v) is 1.69. The van der Waals surface area contributed by atoms with Crippen LogP contribution in [-0.4, -0.2) is 12.5 Å². The quantitative estimate of drug-likeness (QED) is 0.791. The van der Waals surface area contributed by atoms with Crippen molar-refractivity contribution >= 4 is 5.91 Å². The van der Waals surface area contributed by atoms with Gasteiger partial charge in [0.2, 0.25) is 5.91 Å². The summed E-state index contributed by atoms with van der Waals surface area (Å²) < 4.78 is 12.7. The van der Waals surface area contributed by atoms with Gasteiger partial charge in [0, 0.05) is 13.0 Å². The van der Waals surface area contributed by atoms with Crippen molar-refractivity contribution in [1.29, 1.82) is 0 Å². The van der Waals surface area contributed by atoms with Crippen LogP contribution in [0.5, 0.6) is 0 Å². The summed E-state index contributed by atoms with van der Waals surface area (Å²) in [4.78, 5) is 11.5. The summed E-state index contributed by atoms with van der Waals surface area (Å²) in [6, 6.07) is 6.45. The van der Waals surface area contributed by atoms with E-state index in [4.69, 9.17) is 0 Å². The molecule has 0 saturated carbocycles. The lowest BCUT2D eigenvalue weighted by Crippen LogP contribution is -2.25. The molecule has 0 bridgehead atoms. The molecular weight excluding hydrogens is 229 g/mol. The van der Waals surface area contributed by atoms with Crippen molar-refractivity contribution in [2.45, 2.75) is 39.5 Å². The molecule has 3 heteroatoms. The Morgan fingerprint density at radius 3 is 2.56 bits per heavy atom. The van der Waals surface area contributed by atoms with Crippen LogP contribution < -0.4 is 5.32 Å². The lowest BCUT2D eigenvalue weighted by atomic mass is 10.1. The van der Waals surface area contributed by atoms with Crippen LogP contribution in [0, 0.1) is 11.7 Å². The summed E-state index contributed by atoms with van der Waals surface area (Å²) in [5, 5.41) is 2.91. The van der Waals surface area contributed by atoms with Crippen LogP contribution in [0.2, 0.25) is 0 Å². The Kier molecular flexibility index (Phi) is 6.40. The van der Waals surface area contributed by atoms with Crippen molar-refractivity contribution < 1.29 is 9.18 Å². The molecule has 18 heavy (non-hydrogen) atoms. The molecule has 0 unspecified atom stereocenters. The molecule has 0 fully saturated rings. The number of halogens is 1. The van der Waals surface area contributed by atoms with Crippen LogP contribution in [-0.2, 0) is 11.2 Å². The molecule has 0 radical (unpaired) electrons. The number of amides is 1. The lowest BCUT2D eigenvalue weighted by Gasteiger charge is -2.07. The summed E-state index contributed by atoms with van der Waals surface area (Å²) in [5.41, 5.74) is 1.08. The Morgan fingerprint density at radius 2 is 1.94 bits per heavy atom. The van der Waals surface area contributed by atoms with Gasteiger partial charge in [0.15, 0.2) is 0 Å². The minimum atomic E-state index is -0.217. The number of carbonyl (C=O) groups excluding carboxylic acids is 1. The molecule has 0 aliphatic heterocycles. The number of rotatable bonds is 7. The number of nitrogens with one attached hydrogen (secondary N) is 1. The Morgan fingerprint density at radius 1 is 1.28 bits per heavy atom. The van der Waals surface area contributed by atoms with E-state index in [1.54, 1.807) is 12.1 Å². The highest BCUT2D eigenvalue weighted by Crippen LogP contribution is 2.07. The van der Waals surface area contributed by atoms with E-state index in [1.165, 1.54) is 12.1 Å². The van der Waals surface area contributed by atoms with Gasteiger partial charge >= 0.3 is 0 Å². The van der Waals surface area contributed by atoms with E-state index in [1.807, 2.05) is 0 Å². The normalized spacial score (nSPS) is 10.7. The van der Waals surface area contributed by atoms with Crippen molar-refractivity contribution in [3.8, 4) is 0 Å². The maximum atomic E-state index is 12.7. The zero-order valence-electron chi connectivity index (χ0n) is 11.2. The molecule has 0 aliphatic rings. The monoisotopic (exact) mass is 251 g/mol. The molecule has 0 saturated heterocycles. The van der Waals surface area contributed by atoms with Crippen molar-refractivity contribution in [1.82, 2.24) is 5.32 Å². The van der Waals surface area contributed by atoms with Gasteiger partial charge in [0.25, 0.3) is 0 Å². The van der Waals surface area contributed by atoms with E-state index in [2.05, 4.69) is 19.2 Å². The summed E-state index contributed by atoms with van der Waals surface area (Å²) in [6.45, 7) is 5.04. The molecular formula is C15H22FNO. The van der Waals surface area contributed by atoms with Gasteiger partial charge in [-0.05, 0) is 42.9 Å². The average molecular weight is 251 g/mol. The van der Waals surface area contributed by atoms with Crippen LogP contribution in [0.4, 0.5) is 4.39 Å². The predicted molar refractivity (Wildman–Crippen MR) is 71.8 cm³/mol. The number of carbonyl (C=O) groups is 1. The first-order valence-corrected chi connectivity index (χ1v) is 6.59. The number of hydrogen-bond acceptors (Lipinski definition) is 1. The molecule has 1 N–H and O–H groups in total. The second-order valence-corrected chi connectivity index (χ2v) is 5.01. The predicted octanol–water partition coefficient (Wildman–Crippen LogP) is 3.31. The molecule has 1 aromatic carbocycles. The van der Waals surface area contributed by atoms with Gasteiger partial charge in [0.05, 0.1) is 0 Å². The Hall–Kier alpha value is -1.38. The van der Waals surface area contributed by atoms with Gasteiger partial charge in [-0.25, -0.2) is 4.39 Å². The second kappa shape index (κ2) is 7.85. The maximum Gasteiger partial charge on any atom is 0.220 e. The fraction of sp³-hybridized carbons (Fsp3) is 0.533. The fourth-order valence-electron chi connectivity index (χ4n) is 1.69. The molecule has 1 aromatic rings. The number of benzene rings is 1. The molecule has 0 heterocycles. The van der Waals surface area contributed by atoms with E-state index >= 15 is 0 Å². The lowest BCUT2D eigenvalue weighted by molar-refractivity contribution is -0.121. The summed E-state index contributed by atoms with van der Waals surface area (Å²) in [6.07, 6.45) is 3.18. The van der Waals surface area contributed by atoms with Gasteiger partial charge in [-0.3, -0.25) is 4.79 Å². The summed E-state index contributed by atoms with van der Waals surface area (Å²) >= 11 is 0. The van der Waals surface area contributed by atoms with Crippen molar-refractivity contribution in [2.75, 3.05) is 6.54 Å². The molecule has 100 valence electrons. The number of aryl methyl sites for hydroxylation is 1. The maximum absolute atomic E-state index is 12.7. The number of hydrogen-bond donors (Lipinski definition) is 1. The van der Waals surface area contributed by atoms with Gasteiger partial charge in [-0.2, -0.15) is 0 Å². The molecule has 0 atom stereocenters. The Bertz CT molecular complexity index is 359. The van der Waals surface area contributed by atoms with Crippen molar-refractivity contribution in [3.63, 3.8) is 0 Å². The summed E-state index contributed by atoms with van der Waals surface area (Å²) in [5.74, 6) is 0.507. The highest BCUT2D eigenvalue weighted by atomic mass is 19.1. The van der Waals surface area contributed by atoms with E-state index < -0.39 is 0 Å².